The van der Waals surface area contributed by atoms with Crippen LogP contribution in [0, 0.1) is 0 Å². The lowest BCUT2D eigenvalue weighted by molar-refractivity contribution is -0.133. The molecule has 0 N–H and O–H groups in total. The average molecular weight is 433 g/mol. The summed E-state index contributed by atoms with van der Waals surface area (Å²) in [6.07, 6.45) is 0.694. The predicted molar refractivity (Wildman–Crippen MR) is 114 cm³/mol. The Balaban J connectivity index is 1.58. The van der Waals surface area contributed by atoms with Crippen molar-refractivity contribution in [2.75, 3.05) is 47.0 Å². The zero-order valence-corrected chi connectivity index (χ0v) is 17.9. The maximum Gasteiger partial charge on any atom is 0.260 e. The Morgan fingerprint density at radius 3 is 2.10 bits per heavy atom. The van der Waals surface area contributed by atoms with E-state index >= 15 is 0 Å². The van der Waals surface area contributed by atoms with Crippen molar-refractivity contribution in [1.82, 2.24) is 9.80 Å². The second-order valence-corrected chi connectivity index (χ2v) is 7.31. The molecule has 1 fully saturated rings. The molecule has 8 heteroatoms. The number of ether oxygens (including phenoxy) is 3. The molecular weight excluding hydrogens is 408 g/mol. The van der Waals surface area contributed by atoms with Crippen LogP contribution in [0.2, 0.25) is 5.02 Å². The minimum atomic E-state index is -0.112. The molecule has 0 bridgehead atoms. The number of methoxy groups -OCH3 is 2. The fourth-order valence-electron chi connectivity index (χ4n) is 3.25. The molecule has 7 nitrogen and oxygen atoms in total. The van der Waals surface area contributed by atoms with Gasteiger partial charge in [-0.2, -0.15) is 0 Å². The van der Waals surface area contributed by atoms with Gasteiger partial charge in [0.15, 0.2) is 6.61 Å². The van der Waals surface area contributed by atoms with E-state index in [0.717, 1.165) is 0 Å². The molecule has 2 amide bonds. The topological polar surface area (TPSA) is 68.3 Å². The lowest BCUT2D eigenvalue weighted by Crippen LogP contribution is -2.39. The highest BCUT2D eigenvalue weighted by Gasteiger charge is 2.24. The smallest absolute Gasteiger partial charge is 0.260 e. The first-order valence-electron chi connectivity index (χ1n) is 9.68. The number of carbonyl (C=O) groups excluding carboxylic acids is 2. The van der Waals surface area contributed by atoms with Gasteiger partial charge >= 0.3 is 0 Å². The molecule has 0 spiro atoms. The highest BCUT2D eigenvalue weighted by atomic mass is 35.5. The van der Waals surface area contributed by atoms with Crippen molar-refractivity contribution >= 4 is 23.4 Å². The largest absolute Gasteiger partial charge is 0.497 e. The van der Waals surface area contributed by atoms with Crippen LogP contribution in [0.4, 0.5) is 0 Å². The van der Waals surface area contributed by atoms with Crippen molar-refractivity contribution in [1.29, 1.82) is 0 Å². The van der Waals surface area contributed by atoms with Gasteiger partial charge in [0.1, 0.15) is 17.2 Å². The summed E-state index contributed by atoms with van der Waals surface area (Å²) in [6, 6.07) is 12.0. The van der Waals surface area contributed by atoms with Crippen molar-refractivity contribution in [3.8, 4) is 17.2 Å². The summed E-state index contributed by atoms with van der Waals surface area (Å²) in [6.45, 7) is 2.00. The number of carbonyl (C=O) groups is 2. The summed E-state index contributed by atoms with van der Waals surface area (Å²) < 4.78 is 16.1. The normalized spacial score (nSPS) is 14.1. The summed E-state index contributed by atoms with van der Waals surface area (Å²) in [4.78, 5) is 29.0. The van der Waals surface area contributed by atoms with Crippen molar-refractivity contribution in [3.05, 3.63) is 53.1 Å². The van der Waals surface area contributed by atoms with Gasteiger partial charge in [-0.25, -0.2) is 0 Å². The van der Waals surface area contributed by atoms with E-state index in [2.05, 4.69) is 0 Å². The fraction of sp³-hybridized carbons (Fsp3) is 0.364. The fourth-order valence-corrected chi connectivity index (χ4v) is 3.38. The number of amides is 2. The predicted octanol–water partition coefficient (Wildman–Crippen LogP) is 3.11. The summed E-state index contributed by atoms with van der Waals surface area (Å²) in [5.41, 5.74) is 0.497. The first kappa shape index (κ1) is 21.8. The van der Waals surface area contributed by atoms with Crippen LogP contribution in [0.5, 0.6) is 17.2 Å². The molecule has 0 aromatic heterocycles. The van der Waals surface area contributed by atoms with Gasteiger partial charge in [-0.3, -0.25) is 9.59 Å². The van der Waals surface area contributed by atoms with Crippen molar-refractivity contribution in [2.24, 2.45) is 0 Å². The maximum atomic E-state index is 13.0. The van der Waals surface area contributed by atoms with E-state index in [1.54, 1.807) is 66.5 Å². The van der Waals surface area contributed by atoms with Crippen LogP contribution in [0.15, 0.2) is 42.5 Å². The molecule has 1 aliphatic heterocycles. The Morgan fingerprint density at radius 1 is 0.867 bits per heavy atom. The number of rotatable bonds is 6. The minimum Gasteiger partial charge on any atom is -0.497 e. The highest BCUT2D eigenvalue weighted by molar-refractivity contribution is 6.30. The van der Waals surface area contributed by atoms with E-state index in [-0.39, 0.29) is 18.4 Å². The number of benzene rings is 2. The quantitative estimate of drug-likeness (QED) is 0.701. The maximum absolute atomic E-state index is 13.0. The van der Waals surface area contributed by atoms with Crippen molar-refractivity contribution in [2.45, 2.75) is 6.42 Å². The first-order chi connectivity index (χ1) is 14.5. The Morgan fingerprint density at radius 2 is 1.47 bits per heavy atom. The third-order valence-corrected chi connectivity index (χ3v) is 5.16. The van der Waals surface area contributed by atoms with Gasteiger partial charge in [0, 0.05) is 42.8 Å². The molecule has 2 aromatic carbocycles. The molecule has 3 rings (SSSR count). The van der Waals surface area contributed by atoms with Gasteiger partial charge in [-0.05, 0) is 42.8 Å². The van der Waals surface area contributed by atoms with Crippen LogP contribution >= 0.6 is 11.6 Å². The third kappa shape index (κ3) is 5.57. The van der Waals surface area contributed by atoms with Crippen molar-refractivity contribution in [3.63, 3.8) is 0 Å². The van der Waals surface area contributed by atoms with Gasteiger partial charge in [0.2, 0.25) is 0 Å². The van der Waals surface area contributed by atoms with Crippen LogP contribution in [-0.2, 0) is 4.79 Å². The Hall–Kier alpha value is -2.93. The Kier molecular flexibility index (Phi) is 7.41. The summed E-state index contributed by atoms with van der Waals surface area (Å²) in [5.74, 6) is 1.49. The molecule has 0 radical (unpaired) electrons. The monoisotopic (exact) mass is 432 g/mol. The van der Waals surface area contributed by atoms with Gasteiger partial charge < -0.3 is 24.0 Å². The minimum absolute atomic E-state index is 0.0529. The first-order valence-corrected chi connectivity index (χ1v) is 10.1. The lowest BCUT2D eigenvalue weighted by Gasteiger charge is -2.22. The Labute approximate surface area is 181 Å². The molecule has 2 aromatic rings. The second kappa shape index (κ2) is 10.2. The SMILES string of the molecule is COc1cc(OC)cc(C(=O)N2CCCN(C(=O)COc3ccc(Cl)cc3)CC2)c1. The number of nitrogens with zero attached hydrogens (tertiary/aromatic N) is 2. The third-order valence-electron chi connectivity index (χ3n) is 4.91. The molecule has 160 valence electrons. The molecule has 0 saturated carbocycles. The summed E-state index contributed by atoms with van der Waals surface area (Å²) in [5, 5.41) is 0.611. The molecule has 1 aliphatic rings. The molecule has 1 heterocycles. The van der Waals surface area contributed by atoms with Crippen LogP contribution in [-0.4, -0.2) is 68.6 Å². The molecule has 0 aliphatic carbocycles. The van der Waals surface area contributed by atoms with Gasteiger partial charge in [-0.15, -0.1) is 0 Å². The second-order valence-electron chi connectivity index (χ2n) is 6.87. The van der Waals surface area contributed by atoms with Gasteiger partial charge in [0.25, 0.3) is 11.8 Å². The van der Waals surface area contributed by atoms with E-state index in [1.807, 2.05) is 0 Å². The molecule has 0 atom stereocenters. The van der Waals surface area contributed by atoms with Crippen LogP contribution in [0.1, 0.15) is 16.8 Å². The average Bonchev–Trinajstić information content (AvgIpc) is 3.04. The van der Waals surface area contributed by atoms with E-state index in [0.29, 0.717) is 60.4 Å². The molecule has 0 unspecified atom stereocenters. The number of hydrogen-bond acceptors (Lipinski definition) is 5. The highest BCUT2D eigenvalue weighted by Crippen LogP contribution is 2.24. The zero-order valence-electron chi connectivity index (χ0n) is 17.1. The van der Waals surface area contributed by atoms with E-state index in [9.17, 15) is 9.59 Å². The van der Waals surface area contributed by atoms with Crippen LogP contribution in [0.3, 0.4) is 0 Å². The van der Waals surface area contributed by atoms with E-state index in [4.69, 9.17) is 25.8 Å². The number of hydrogen-bond donors (Lipinski definition) is 0. The van der Waals surface area contributed by atoms with E-state index < -0.39 is 0 Å². The van der Waals surface area contributed by atoms with Crippen LogP contribution in [0.25, 0.3) is 0 Å². The van der Waals surface area contributed by atoms with Gasteiger partial charge in [0.05, 0.1) is 14.2 Å². The van der Waals surface area contributed by atoms with Crippen LogP contribution < -0.4 is 14.2 Å². The van der Waals surface area contributed by atoms with Crippen molar-refractivity contribution < 1.29 is 23.8 Å². The standard InChI is InChI=1S/C22H25ClN2O5/c1-28-19-12-16(13-20(14-19)29-2)22(27)25-9-3-8-24(10-11-25)21(26)15-30-18-6-4-17(23)5-7-18/h4-7,12-14H,3,8-11,15H2,1-2H3. The lowest BCUT2D eigenvalue weighted by atomic mass is 10.1. The summed E-state index contributed by atoms with van der Waals surface area (Å²) in [7, 11) is 3.09. The molecule has 30 heavy (non-hydrogen) atoms. The van der Waals surface area contributed by atoms with Gasteiger partial charge in [-0.1, -0.05) is 11.6 Å². The molecule has 1 saturated heterocycles. The van der Waals surface area contributed by atoms with E-state index in [1.165, 1.54) is 0 Å². The Bertz CT molecular complexity index is 865. The summed E-state index contributed by atoms with van der Waals surface area (Å²) >= 11 is 5.85. The zero-order chi connectivity index (χ0) is 21.5. The number of halogens is 1. The molecular formula is C22H25ClN2O5.